The average Bonchev–Trinajstić information content (AvgIpc) is 2.86. The molecule has 1 atom stereocenters. The molecule has 4 heteroatoms. The van der Waals surface area contributed by atoms with Crippen molar-refractivity contribution in [2.45, 2.75) is 32.4 Å². The number of rotatable bonds is 5. The van der Waals surface area contributed by atoms with Crippen LogP contribution in [0, 0.1) is 0 Å². The first-order valence-electron chi connectivity index (χ1n) is 6.57. The second-order valence-electron chi connectivity index (χ2n) is 5.13. The van der Waals surface area contributed by atoms with E-state index < -0.39 is 0 Å². The minimum atomic E-state index is -0.377. The Labute approximate surface area is 113 Å². The predicted octanol–water partition coefficient (Wildman–Crippen LogP) is 2.05. The molecule has 0 saturated carbocycles. The van der Waals surface area contributed by atoms with Crippen LogP contribution in [0.4, 0.5) is 0 Å². The minimum Gasteiger partial charge on any atom is -0.394 e. The standard InChI is InChI=1S/C15H21N3O/c1-11(2)13-5-3-12(4-6-13)8-18-10-17-7-15(18)14(16)9-19/h3-7,10-11,14,19H,8-9,16H2,1-2H3. The zero-order chi connectivity index (χ0) is 13.8. The molecule has 1 aromatic heterocycles. The van der Waals surface area contributed by atoms with Crippen LogP contribution in [0.2, 0.25) is 0 Å². The fourth-order valence-electron chi connectivity index (χ4n) is 2.07. The predicted molar refractivity (Wildman–Crippen MR) is 75.9 cm³/mol. The summed E-state index contributed by atoms with van der Waals surface area (Å²) < 4.78 is 1.98. The average molecular weight is 259 g/mol. The number of nitrogens with two attached hydrogens (primary N) is 1. The van der Waals surface area contributed by atoms with E-state index in [1.54, 1.807) is 12.5 Å². The Morgan fingerprint density at radius 2 is 1.95 bits per heavy atom. The SMILES string of the molecule is CC(C)c1ccc(Cn2cncc2C(N)CO)cc1. The second-order valence-corrected chi connectivity index (χ2v) is 5.13. The summed E-state index contributed by atoms with van der Waals surface area (Å²) in [5, 5.41) is 9.13. The third kappa shape index (κ3) is 3.22. The third-order valence-corrected chi connectivity index (χ3v) is 3.32. The van der Waals surface area contributed by atoms with Crippen LogP contribution in [0.15, 0.2) is 36.8 Å². The van der Waals surface area contributed by atoms with Crippen molar-refractivity contribution >= 4 is 0 Å². The third-order valence-electron chi connectivity index (χ3n) is 3.32. The number of aliphatic hydroxyl groups excluding tert-OH is 1. The molecule has 0 aliphatic heterocycles. The number of benzene rings is 1. The van der Waals surface area contributed by atoms with Gasteiger partial charge in [0.15, 0.2) is 0 Å². The number of hydrogen-bond donors (Lipinski definition) is 2. The molecule has 102 valence electrons. The van der Waals surface area contributed by atoms with Gasteiger partial charge in [0.2, 0.25) is 0 Å². The molecule has 0 bridgehead atoms. The first kappa shape index (κ1) is 13.8. The Morgan fingerprint density at radius 3 is 2.53 bits per heavy atom. The Morgan fingerprint density at radius 1 is 1.26 bits per heavy atom. The number of nitrogens with zero attached hydrogens (tertiary/aromatic N) is 2. The fraction of sp³-hybridized carbons (Fsp3) is 0.400. The maximum Gasteiger partial charge on any atom is 0.0951 e. The molecule has 0 radical (unpaired) electrons. The van der Waals surface area contributed by atoms with Gasteiger partial charge in [0.25, 0.3) is 0 Å². The van der Waals surface area contributed by atoms with Gasteiger partial charge >= 0.3 is 0 Å². The lowest BCUT2D eigenvalue weighted by molar-refractivity contribution is 0.263. The van der Waals surface area contributed by atoms with Gasteiger partial charge in [-0.2, -0.15) is 0 Å². The van der Waals surface area contributed by atoms with E-state index in [-0.39, 0.29) is 12.6 Å². The van der Waals surface area contributed by atoms with Crippen LogP contribution in [0.5, 0.6) is 0 Å². The lowest BCUT2D eigenvalue weighted by Gasteiger charge is -2.13. The molecule has 19 heavy (non-hydrogen) atoms. The summed E-state index contributed by atoms with van der Waals surface area (Å²) in [5.74, 6) is 0.542. The van der Waals surface area contributed by atoms with Crippen LogP contribution in [-0.4, -0.2) is 21.3 Å². The van der Waals surface area contributed by atoms with Gasteiger partial charge in [0, 0.05) is 12.7 Å². The molecule has 0 spiro atoms. The topological polar surface area (TPSA) is 64.1 Å². The highest BCUT2D eigenvalue weighted by Gasteiger charge is 2.10. The van der Waals surface area contributed by atoms with Crippen molar-refractivity contribution in [3.05, 3.63) is 53.6 Å². The molecule has 1 heterocycles. The molecular formula is C15H21N3O. The highest BCUT2D eigenvalue weighted by Crippen LogP contribution is 2.16. The van der Waals surface area contributed by atoms with E-state index in [9.17, 15) is 0 Å². The van der Waals surface area contributed by atoms with Gasteiger partial charge < -0.3 is 15.4 Å². The molecule has 1 unspecified atom stereocenters. The fourth-order valence-corrected chi connectivity index (χ4v) is 2.07. The largest absolute Gasteiger partial charge is 0.394 e. The van der Waals surface area contributed by atoms with E-state index in [1.807, 2.05) is 4.57 Å². The second kappa shape index (κ2) is 5.99. The quantitative estimate of drug-likeness (QED) is 0.863. The van der Waals surface area contributed by atoms with Crippen molar-refractivity contribution in [3.8, 4) is 0 Å². The maximum atomic E-state index is 9.13. The van der Waals surface area contributed by atoms with Gasteiger partial charge in [-0.15, -0.1) is 0 Å². The summed E-state index contributed by atoms with van der Waals surface area (Å²) in [6, 6.07) is 8.19. The zero-order valence-electron chi connectivity index (χ0n) is 11.5. The van der Waals surface area contributed by atoms with Crippen molar-refractivity contribution < 1.29 is 5.11 Å². The first-order valence-corrected chi connectivity index (χ1v) is 6.57. The van der Waals surface area contributed by atoms with E-state index in [0.29, 0.717) is 5.92 Å². The summed E-state index contributed by atoms with van der Waals surface area (Å²) in [6.45, 7) is 5.02. The van der Waals surface area contributed by atoms with Crippen molar-refractivity contribution in [3.63, 3.8) is 0 Å². The molecule has 0 aliphatic carbocycles. The van der Waals surface area contributed by atoms with E-state index >= 15 is 0 Å². The number of aromatic nitrogens is 2. The summed E-state index contributed by atoms with van der Waals surface area (Å²) in [6.07, 6.45) is 3.46. The van der Waals surface area contributed by atoms with Gasteiger partial charge in [-0.3, -0.25) is 0 Å². The summed E-state index contributed by atoms with van der Waals surface area (Å²) in [4.78, 5) is 4.10. The van der Waals surface area contributed by atoms with Crippen LogP contribution in [0.25, 0.3) is 0 Å². The lowest BCUT2D eigenvalue weighted by Crippen LogP contribution is -2.19. The number of imidazole rings is 1. The maximum absolute atomic E-state index is 9.13. The molecule has 3 N–H and O–H groups in total. The Bertz CT molecular complexity index is 516. The summed E-state index contributed by atoms with van der Waals surface area (Å²) >= 11 is 0. The monoisotopic (exact) mass is 259 g/mol. The Balaban J connectivity index is 2.15. The zero-order valence-corrected chi connectivity index (χ0v) is 11.5. The molecule has 1 aromatic carbocycles. The lowest BCUT2D eigenvalue weighted by atomic mass is 10.0. The van der Waals surface area contributed by atoms with Crippen molar-refractivity contribution in [2.75, 3.05) is 6.61 Å². The van der Waals surface area contributed by atoms with Crippen LogP contribution >= 0.6 is 0 Å². The van der Waals surface area contributed by atoms with E-state index in [0.717, 1.165) is 12.2 Å². The molecule has 2 aromatic rings. The molecule has 2 rings (SSSR count). The van der Waals surface area contributed by atoms with Gasteiger partial charge in [-0.25, -0.2) is 4.98 Å². The molecule has 0 fully saturated rings. The Hall–Kier alpha value is -1.65. The van der Waals surface area contributed by atoms with Crippen LogP contribution in [0.3, 0.4) is 0 Å². The van der Waals surface area contributed by atoms with E-state index in [1.165, 1.54) is 11.1 Å². The van der Waals surface area contributed by atoms with Crippen molar-refractivity contribution in [1.29, 1.82) is 0 Å². The van der Waals surface area contributed by atoms with Gasteiger partial charge in [-0.1, -0.05) is 38.1 Å². The molecule has 4 nitrogen and oxygen atoms in total. The first-order chi connectivity index (χ1) is 9.11. The molecule has 0 amide bonds. The van der Waals surface area contributed by atoms with E-state index in [2.05, 4.69) is 43.1 Å². The molecule has 0 saturated heterocycles. The minimum absolute atomic E-state index is 0.0714. The van der Waals surface area contributed by atoms with Crippen LogP contribution in [-0.2, 0) is 6.54 Å². The van der Waals surface area contributed by atoms with Crippen molar-refractivity contribution in [2.24, 2.45) is 5.73 Å². The number of aliphatic hydroxyl groups is 1. The Kier molecular flexibility index (Phi) is 4.35. The smallest absolute Gasteiger partial charge is 0.0951 e. The number of hydrogen-bond acceptors (Lipinski definition) is 3. The molecule has 0 aliphatic rings. The van der Waals surface area contributed by atoms with Crippen molar-refractivity contribution in [1.82, 2.24) is 9.55 Å². The van der Waals surface area contributed by atoms with Crippen LogP contribution in [0.1, 0.15) is 42.6 Å². The van der Waals surface area contributed by atoms with Gasteiger partial charge in [0.05, 0.1) is 24.7 Å². The van der Waals surface area contributed by atoms with E-state index in [4.69, 9.17) is 10.8 Å². The normalized spacial score (nSPS) is 12.9. The summed E-state index contributed by atoms with van der Waals surface area (Å²) in [7, 11) is 0. The van der Waals surface area contributed by atoms with Gasteiger partial charge in [-0.05, 0) is 17.0 Å². The van der Waals surface area contributed by atoms with Crippen LogP contribution < -0.4 is 5.73 Å². The highest BCUT2D eigenvalue weighted by atomic mass is 16.3. The van der Waals surface area contributed by atoms with Gasteiger partial charge in [0.1, 0.15) is 0 Å². The highest BCUT2D eigenvalue weighted by molar-refractivity contribution is 5.25. The summed E-state index contributed by atoms with van der Waals surface area (Å²) in [5.41, 5.74) is 9.24. The molecular weight excluding hydrogens is 238 g/mol.